The number of imidazole rings is 1. The summed E-state index contributed by atoms with van der Waals surface area (Å²) in [6, 6.07) is 6.58. The van der Waals surface area contributed by atoms with Crippen molar-refractivity contribution < 1.29 is 0 Å². The van der Waals surface area contributed by atoms with E-state index in [9.17, 15) is 0 Å². The fourth-order valence-corrected chi connectivity index (χ4v) is 1.99. The van der Waals surface area contributed by atoms with Gasteiger partial charge in [0.15, 0.2) is 0 Å². The SMILES string of the molecule is CNCCCc1ccc2c(c1)nc(C)n2C. The summed E-state index contributed by atoms with van der Waals surface area (Å²) in [6.07, 6.45) is 2.29. The third-order valence-corrected chi connectivity index (χ3v) is 3.06. The van der Waals surface area contributed by atoms with Crippen LogP contribution in [0.4, 0.5) is 0 Å². The van der Waals surface area contributed by atoms with E-state index in [0.717, 1.165) is 24.3 Å². The second-order valence-corrected chi connectivity index (χ2v) is 4.25. The van der Waals surface area contributed by atoms with Crippen LogP contribution in [0.3, 0.4) is 0 Å². The van der Waals surface area contributed by atoms with Crippen LogP contribution in [0.5, 0.6) is 0 Å². The second-order valence-electron chi connectivity index (χ2n) is 4.25. The van der Waals surface area contributed by atoms with Crippen molar-refractivity contribution >= 4 is 11.0 Å². The Labute approximate surface area is 96.5 Å². The average molecular weight is 217 g/mol. The molecule has 0 amide bonds. The zero-order chi connectivity index (χ0) is 11.5. The predicted octanol–water partition coefficient (Wildman–Crippen LogP) is 2.03. The largest absolute Gasteiger partial charge is 0.331 e. The highest BCUT2D eigenvalue weighted by Crippen LogP contribution is 2.17. The van der Waals surface area contributed by atoms with Crippen LogP contribution in [0.25, 0.3) is 11.0 Å². The molecule has 0 spiro atoms. The lowest BCUT2D eigenvalue weighted by molar-refractivity contribution is 0.725. The Morgan fingerprint density at radius 1 is 1.38 bits per heavy atom. The lowest BCUT2D eigenvalue weighted by Gasteiger charge is -2.01. The molecule has 0 radical (unpaired) electrons. The lowest BCUT2D eigenvalue weighted by atomic mass is 10.1. The number of hydrogen-bond acceptors (Lipinski definition) is 2. The summed E-state index contributed by atoms with van der Waals surface area (Å²) in [6.45, 7) is 3.11. The lowest BCUT2D eigenvalue weighted by Crippen LogP contribution is -2.08. The molecule has 2 rings (SSSR count). The van der Waals surface area contributed by atoms with Crippen molar-refractivity contribution in [1.29, 1.82) is 0 Å². The van der Waals surface area contributed by atoms with Crippen molar-refractivity contribution in [3.05, 3.63) is 29.6 Å². The van der Waals surface area contributed by atoms with Gasteiger partial charge in [0.25, 0.3) is 0 Å². The van der Waals surface area contributed by atoms with E-state index in [1.54, 1.807) is 0 Å². The minimum absolute atomic E-state index is 1.07. The van der Waals surface area contributed by atoms with Gasteiger partial charge in [-0.15, -0.1) is 0 Å². The van der Waals surface area contributed by atoms with E-state index in [0.29, 0.717) is 0 Å². The maximum Gasteiger partial charge on any atom is 0.106 e. The summed E-state index contributed by atoms with van der Waals surface area (Å²) in [5, 5.41) is 3.17. The number of benzene rings is 1. The molecule has 0 atom stereocenters. The Balaban J connectivity index is 2.23. The van der Waals surface area contributed by atoms with E-state index < -0.39 is 0 Å². The fraction of sp³-hybridized carbons (Fsp3) is 0.462. The van der Waals surface area contributed by atoms with Crippen molar-refractivity contribution in [2.24, 2.45) is 7.05 Å². The smallest absolute Gasteiger partial charge is 0.106 e. The van der Waals surface area contributed by atoms with Gasteiger partial charge in [0.1, 0.15) is 5.82 Å². The predicted molar refractivity (Wildman–Crippen MR) is 67.7 cm³/mol. The zero-order valence-corrected chi connectivity index (χ0v) is 10.2. The molecular formula is C13H19N3. The molecule has 0 saturated carbocycles. The van der Waals surface area contributed by atoms with Crippen LogP contribution in [0, 0.1) is 6.92 Å². The van der Waals surface area contributed by atoms with Gasteiger partial charge in [0, 0.05) is 7.05 Å². The molecule has 0 aliphatic rings. The molecule has 0 fully saturated rings. The third-order valence-electron chi connectivity index (χ3n) is 3.06. The van der Waals surface area contributed by atoms with Gasteiger partial charge in [-0.3, -0.25) is 0 Å². The summed E-state index contributed by atoms with van der Waals surface area (Å²) >= 11 is 0. The maximum atomic E-state index is 4.55. The first-order chi connectivity index (χ1) is 7.72. The summed E-state index contributed by atoms with van der Waals surface area (Å²) < 4.78 is 2.13. The van der Waals surface area contributed by atoms with Gasteiger partial charge in [-0.05, 0) is 51.1 Å². The van der Waals surface area contributed by atoms with E-state index in [1.165, 1.54) is 17.5 Å². The number of nitrogens with zero attached hydrogens (tertiary/aromatic N) is 2. The van der Waals surface area contributed by atoms with Gasteiger partial charge in [-0.1, -0.05) is 6.07 Å². The van der Waals surface area contributed by atoms with Crippen LogP contribution in [0.15, 0.2) is 18.2 Å². The van der Waals surface area contributed by atoms with Crippen LogP contribution in [0.2, 0.25) is 0 Å². The van der Waals surface area contributed by atoms with Crippen LogP contribution >= 0.6 is 0 Å². The molecule has 0 aliphatic heterocycles. The van der Waals surface area contributed by atoms with Crippen molar-refractivity contribution in [1.82, 2.24) is 14.9 Å². The minimum Gasteiger partial charge on any atom is -0.331 e. The van der Waals surface area contributed by atoms with Crippen molar-refractivity contribution in [3.8, 4) is 0 Å². The van der Waals surface area contributed by atoms with E-state index in [1.807, 2.05) is 14.0 Å². The average Bonchev–Trinajstić information content (AvgIpc) is 2.55. The van der Waals surface area contributed by atoms with Crippen LogP contribution in [0.1, 0.15) is 17.8 Å². The first-order valence-corrected chi connectivity index (χ1v) is 5.79. The molecular weight excluding hydrogens is 198 g/mol. The molecule has 1 aromatic carbocycles. The first kappa shape index (κ1) is 11.1. The van der Waals surface area contributed by atoms with Gasteiger partial charge >= 0.3 is 0 Å². The van der Waals surface area contributed by atoms with Gasteiger partial charge in [0.05, 0.1) is 11.0 Å². The molecule has 0 bridgehead atoms. The summed E-state index contributed by atoms with van der Waals surface area (Å²) in [4.78, 5) is 4.55. The van der Waals surface area contributed by atoms with Crippen molar-refractivity contribution in [2.75, 3.05) is 13.6 Å². The Bertz CT molecular complexity index is 485. The third kappa shape index (κ3) is 2.09. The van der Waals surface area contributed by atoms with Crippen LogP contribution < -0.4 is 5.32 Å². The monoisotopic (exact) mass is 217 g/mol. The maximum absolute atomic E-state index is 4.55. The molecule has 1 heterocycles. The van der Waals surface area contributed by atoms with E-state index in [4.69, 9.17) is 0 Å². The Morgan fingerprint density at radius 3 is 2.94 bits per heavy atom. The Kier molecular flexibility index (Phi) is 3.25. The number of nitrogens with one attached hydrogen (secondary N) is 1. The molecule has 3 heteroatoms. The summed E-state index contributed by atoms with van der Waals surface area (Å²) in [5.74, 6) is 1.07. The van der Waals surface area contributed by atoms with Crippen LogP contribution in [-0.2, 0) is 13.5 Å². The molecule has 0 saturated heterocycles. The minimum atomic E-state index is 1.07. The van der Waals surface area contributed by atoms with Crippen molar-refractivity contribution in [3.63, 3.8) is 0 Å². The van der Waals surface area contributed by atoms with Gasteiger partial charge in [0.2, 0.25) is 0 Å². The molecule has 0 aliphatic carbocycles. The first-order valence-electron chi connectivity index (χ1n) is 5.79. The molecule has 86 valence electrons. The molecule has 0 unspecified atom stereocenters. The number of hydrogen-bond donors (Lipinski definition) is 1. The van der Waals surface area contributed by atoms with E-state index in [2.05, 4.69) is 40.1 Å². The van der Waals surface area contributed by atoms with Crippen molar-refractivity contribution in [2.45, 2.75) is 19.8 Å². The van der Waals surface area contributed by atoms with E-state index in [-0.39, 0.29) is 0 Å². The molecule has 16 heavy (non-hydrogen) atoms. The molecule has 1 N–H and O–H groups in total. The van der Waals surface area contributed by atoms with Gasteiger partial charge < -0.3 is 9.88 Å². The summed E-state index contributed by atoms with van der Waals surface area (Å²) in [5.41, 5.74) is 3.71. The standard InChI is InChI=1S/C13H19N3/c1-10-15-12-9-11(5-4-8-14-2)6-7-13(12)16(10)3/h6-7,9,14H,4-5,8H2,1-3H3. The quantitative estimate of drug-likeness (QED) is 0.794. The number of rotatable bonds is 4. The topological polar surface area (TPSA) is 29.9 Å². The van der Waals surface area contributed by atoms with Crippen LogP contribution in [-0.4, -0.2) is 23.1 Å². The number of fused-ring (bicyclic) bond motifs is 1. The Morgan fingerprint density at radius 2 is 2.19 bits per heavy atom. The van der Waals surface area contributed by atoms with Gasteiger partial charge in [-0.2, -0.15) is 0 Å². The fourth-order valence-electron chi connectivity index (χ4n) is 1.99. The molecule has 1 aromatic heterocycles. The molecule has 2 aromatic rings. The zero-order valence-electron chi connectivity index (χ0n) is 10.2. The second kappa shape index (κ2) is 4.66. The number of aryl methyl sites for hydroxylation is 3. The normalized spacial score (nSPS) is 11.2. The highest BCUT2D eigenvalue weighted by molar-refractivity contribution is 5.76. The molecule has 3 nitrogen and oxygen atoms in total. The highest BCUT2D eigenvalue weighted by Gasteiger charge is 2.04. The number of aromatic nitrogens is 2. The highest BCUT2D eigenvalue weighted by atomic mass is 15.0. The Hall–Kier alpha value is -1.35. The summed E-state index contributed by atoms with van der Waals surface area (Å²) in [7, 11) is 4.05. The van der Waals surface area contributed by atoms with Gasteiger partial charge in [-0.25, -0.2) is 4.98 Å². The van der Waals surface area contributed by atoms with E-state index >= 15 is 0 Å².